The van der Waals surface area contributed by atoms with E-state index in [0.717, 1.165) is 6.42 Å². The van der Waals surface area contributed by atoms with E-state index < -0.39 is 17.8 Å². The van der Waals surface area contributed by atoms with Gasteiger partial charge in [0.2, 0.25) is 0 Å². The third-order valence-electron chi connectivity index (χ3n) is 4.08. The zero-order valence-electron chi connectivity index (χ0n) is 11.7. The number of benzene rings is 1. The van der Waals surface area contributed by atoms with Crippen LogP contribution < -0.4 is 5.43 Å². The molecule has 1 aliphatic heterocycles. The summed E-state index contributed by atoms with van der Waals surface area (Å²) in [6, 6.07) is 7.61. The molecular weight excluding hydrogens is 297 g/mol. The van der Waals surface area contributed by atoms with Crippen molar-refractivity contribution in [1.29, 1.82) is 0 Å². The number of carbonyl (C=O) groups is 1. The third kappa shape index (κ3) is 2.08. The molecule has 118 valence electrons. The van der Waals surface area contributed by atoms with Crippen LogP contribution in [0.4, 0.5) is 13.2 Å². The van der Waals surface area contributed by atoms with Gasteiger partial charge in [-0.1, -0.05) is 18.2 Å². The molecule has 1 aromatic carbocycles. The molecule has 1 aromatic rings. The molecule has 1 amide bonds. The zero-order chi connectivity index (χ0) is 16.0. The highest BCUT2D eigenvalue weighted by molar-refractivity contribution is 5.95. The Morgan fingerprint density at radius 2 is 1.82 bits per heavy atom. The van der Waals surface area contributed by atoms with Crippen LogP contribution in [0.15, 0.2) is 41.6 Å². The second-order valence-corrected chi connectivity index (χ2v) is 5.45. The van der Waals surface area contributed by atoms with Gasteiger partial charge in [-0.15, -0.1) is 0 Å². The highest BCUT2D eigenvalue weighted by Gasteiger charge is 2.65. The molecule has 1 heterocycles. The maximum atomic E-state index is 13.5. The number of hydrogen-bond acceptors (Lipinski definition) is 3. The van der Waals surface area contributed by atoms with E-state index >= 15 is 0 Å². The zero-order valence-corrected chi connectivity index (χ0v) is 11.7. The molecule has 0 radical (unpaired) electrons. The normalized spacial score (nSPS) is 25.0. The van der Waals surface area contributed by atoms with Gasteiger partial charge in [0.1, 0.15) is 0 Å². The summed E-state index contributed by atoms with van der Waals surface area (Å²) in [4.78, 5) is 12.4. The van der Waals surface area contributed by atoms with Crippen molar-refractivity contribution in [3.05, 3.63) is 47.2 Å². The summed E-state index contributed by atoms with van der Waals surface area (Å²) in [5.41, 5.74) is -0.561. The van der Waals surface area contributed by atoms with Gasteiger partial charge in [0.05, 0.1) is 0 Å². The summed E-state index contributed by atoms with van der Waals surface area (Å²) < 4.78 is 40.6. The van der Waals surface area contributed by atoms with Crippen molar-refractivity contribution >= 4 is 5.91 Å². The fourth-order valence-electron chi connectivity index (χ4n) is 2.97. The number of allylic oxidation sites excluding steroid dienone is 1. The number of nitrogens with zero attached hydrogens (tertiary/aromatic N) is 1. The van der Waals surface area contributed by atoms with E-state index in [1.807, 2.05) is 0 Å². The van der Waals surface area contributed by atoms with Gasteiger partial charge in [0.15, 0.2) is 0 Å². The molecule has 0 spiro atoms. The first-order valence-corrected chi connectivity index (χ1v) is 7.03. The minimum Gasteiger partial charge on any atom is -0.359 e. The number of rotatable bonds is 1. The molecule has 0 fully saturated rings. The number of alkyl halides is 3. The number of nitrogens with one attached hydrogen (secondary N) is 1. The second kappa shape index (κ2) is 5.01. The maximum Gasteiger partial charge on any atom is 0.442 e. The molecule has 0 saturated carbocycles. The molecule has 7 heteroatoms. The van der Waals surface area contributed by atoms with Crippen LogP contribution in [0.3, 0.4) is 0 Å². The van der Waals surface area contributed by atoms with E-state index in [0.29, 0.717) is 23.5 Å². The van der Waals surface area contributed by atoms with Gasteiger partial charge in [-0.25, -0.2) is 5.01 Å². The third-order valence-corrected chi connectivity index (χ3v) is 4.08. The van der Waals surface area contributed by atoms with Crippen LogP contribution >= 0.6 is 0 Å². The summed E-state index contributed by atoms with van der Waals surface area (Å²) in [6.45, 7) is 0. The van der Waals surface area contributed by atoms with Crippen molar-refractivity contribution in [2.75, 3.05) is 0 Å². The first-order valence-electron chi connectivity index (χ1n) is 7.03. The first-order chi connectivity index (χ1) is 10.4. The van der Waals surface area contributed by atoms with Gasteiger partial charge in [0, 0.05) is 16.8 Å². The fourth-order valence-corrected chi connectivity index (χ4v) is 2.97. The standard InChI is InChI=1S/C15H15F3N2O2/c16-15(17,18)14(22)11-8-4-5-9-12(11)19-20(14)13(21)10-6-2-1-3-7-10/h1-3,6-7,19,22H,4-5,8-9H2. The van der Waals surface area contributed by atoms with Crippen LogP contribution in [0.2, 0.25) is 0 Å². The molecule has 4 nitrogen and oxygen atoms in total. The Kier molecular flexibility index (Phi) is 3.40. The minimum absolute atomic E-state index is 0.0810. The monoisotopic (exact) mass is 312 g/mol. The Hall–Kier alpha value is -2.02. The summed E-state index contributed by atoms with van der Waals surface area (Å²) in [6.07, 6.45) is -3.17. The Labute approximate surface area is 125 Å². The van der Waals surface area contributed by atoms with Crippen LogP contribution in [0.25, 0.3) is 0 Å². The van der Waals surface area contributed by atoms with E-state index in [-0.39, 0.29) is 17.6 Å². The van der Waals surface area contributed by atoms with Crippen LogP contribution in [-0.4, -0.2) is 27.9 Å². The van der Waals surface area contributed by atoms with Crippen molar-refractivity contribution in [1.82, 2.24) is 10.4 Å². The molecule has 1 atom stereocenters. The lowest BCUT2D eigenvalue weighted by atomic mass is 9.89. The largest absolute Gasteiger partial charge is 0.442 e. The number of hydrogen-bond donors (Lipinski definition) is 2. The topological polar surface area (TPSA) is 52.6 Å². The Morgan fingerprint density at radius 3 is 2.45 bits per heavy atom. The van der Waals surface area contributed by atoms with Crippen molar-refractivity contribution in [3.8, 4) is 0 Å². The van der Waals surface area contributed by atoms with Gasteiger partial charge in [-0.05, 0) is 37.8 Å². The first kappa shape index (κ1) is 14.9. The molecule has 0 saturated heterocycles. The maximum absolute atomic E-state index is 13.5. The second-order valence-electron chi connectivity index (χ2n) is 5.45. The van der Waals surface area contributed by atoms with Crippen molar-refractivity contribution < 1.29 is 23.1 Å². The van der Waals surface area contributed by atoms with Gasteiger partial charge < -0.3 is 5.11 Å². The van der Waals surface area contributed by atoms with Crippen LogP contribution in [0, 0.1) is 0 Å². The Bertz CT molecular complexity index is 627. The van der Waals surface area contributed by atoms with Crippen LogP contribution in [0.5, 0.6) is 0 Å². The SMILES string of the molecule is O=C(c1ccccc1)N1NC2=C(CCCC2)C1(O)C(F)(F)F. The predicted molar refractivity (Wildman–Crippen MR) is 72.2 cm³/mol. The molecule has 0 bridgehead atoms. The molecule has 1 aliphatic carbocycles. The molecule has 22 heavy (non-hydrogen) atoms. The summed E-state index contributed by atoms with van der Waals surface area (Å²) in [7, 11) is 0. The van der Waals surface area contributed by atoms with E-state index in [4.69, 9.17) is 0 Å². The Morgan fingerprint density at radius 1 is 1.18 bits per heavy atom. The average molecular weight is 312 g/mol. The van der Waals surface area contributed by atoms with Crippen LogP contribution in [-0.2, 0) is 0 Å². The van der Waals surface area contributed by atoms with E-state index in [1.165, 1.54) is 12.1 Å². The average Bonchev–Trinajstić information content (AvgIpc) is 2.82. The van der Waals surface area contributed by atoms with Gasteiger partial charge in [0.25, 0.3) is 11.6 Å². The summed E-state index contributed by atoms with van der Waals surface area (Å²) >= 11 is 0. The lowest BCUT2D eigenvalue weighted by Gasteiger charge is -2.36. The molecule has 1 unspecified atom stereocenters. The highest BCUT2D eigenvalue weighted by atomic mass is 19.4. The van der Waals surface area contributed by atoms with Crippen LogP contribution in [0.1, 0.15) is 36.0 Å². The number of carbonyl (C=O) groups excluding carboxylic acids is 1. The summed E-state index contributed by atoms with van der Waals surface area (Å²) in [5.74, 6) is -0.908. The van der Waals surface area contributed by atoms with Gasteiger partial charge >= 0.3 is 6.18 Å². The molecular formula is C15H15F3N2O2. The quantitative estimate of drug-likeness (QED) is 0.838. The number of aliphatic hydroxyl groups is 1. The van der Waals surface area contributed by atoms with Gasteiger partial charge in [-0.3, -0.25) is 10.2 Å². The van der Waals surface area contributed by atoms with Crippen molar-refractivity contribution in [2.45, 2.75) is 37.6 Å². The highest BCUT2D eigenvalue weighted by Crippen LogP contribution is 2.47. The number of amides is 1. The van der Waals surface area contributed by atoms with Crippen molar-refractivity contribution in [3.63, 3.8) is 0 Å². The minimum atomic E-state index is -4.97. The summed E-state index contributed by atoms with van der Waals surface area (Å²) in [5, 5.41) is 10.7. The number of hydrazine groups is 1. The molecule has 0 aromatic heterocycles. The molecule has 3 rings (SSSR count). The van der Waals surface area contributed by atoms with Gasteiger partial charge in [-0.2, -0.15) is 13.2 Å². The lowest BCUT2D eigenvalue weighted by molar-refractivity contribution is -0.288. The van der Waals surface area contributed by atoms with Crippen molar-refractivity contribution in [2.24, 2.45) is 0 Å². The lowest BCUT2D eigenvalue weighted by Crippen LogP contribution is -2.62. The predicted octanol–water partition coefficient (Wildman–Crippen LogP) is 2.73. The van der Waals surface area contributed by atoms with E-state index in [9.17, 15) is 23.1 Å². The Balaban J connectivity index is 2.03. The van der Waals surface area contributed by atoms with E-state index in [1.54, 1.807) is 18.2 Å². The van der Waals surface area contributed by atoms with E-state index in [2.05, 4.69) is 5.43 Å². The molecule has 2 aliphatic rings. The smallest absolute Gasteiger partial charge is 0.359 e. The molecule has 2 N–H and O–H groups in total. The number of halogens is 3. The fraction of sp³-hybridized carbons (Fsp3) is 0.400.